The van der Waals surface area contributed by atoms with E-state index >= 15 is 0 Å². The van der Waals surface area contributed by atoms with Crippen LogP contribution in [0.2, 0.25) is 5.15 Å². The highest BCUT2D eigenvalue weighted by atomic mass is 35.5. The van der Waals surface area contributed by atoms with Gasteiger partial charge in [-0.15, -0.1) is 12.3 Å². The van der Waals surface area contributed by atoms with Gasteiger partial charge in [-0.05, 0) is 18.6 Å². The van der Waals surface area contributed by atoms with Gasteiger partial charge in [0.15, 0.2) is 0 Å². The van der Waals surface area contributed by atoms with Crippen LogP contribution in [0.25, 0.3) is 0 Å². The van der Waals surface area contributed by atoms with E-state index in [1.54, 1.807) is 11.0 Å². The normalized spacial score (nSPS) is 19.9. The van der Waals surface area contributed by atoms with E-state index in [-0.39, 0.29) is 11.8 Å². The van der Waals surface area contributed by atoms with E-state index in [1.807, 2.05) is 13.0 Å². The molecule has 1 aliphatic heterocycles. The Morgan fingerprint density at radius 2 is 2.38 bits per heavy atom. The topological polar surface area (TPSA) is 33.2 Å². The molecule has 0 spiro atoms. The lowest BCUT2D eigenvalue weighted by Crippen LogP contribution is -2.25. The average Bonchev–Trinajstić information content (AvgIpc) is 2.64. The van der Waals surface area contributed by atoms with E-state index in [9.17, 15) is 4.79 Å². The molecule has 2 rings (SSSR count). The second-order valence-corrected chi connectivity index (χ2v) is 4.21. The number of aryl methyl sites for hydroxylation is 1. The third-order valence-corrected chi connectivity index (χ3v) is 3.04. The van der Waals surface area contributed by atoms with Crippen LogP contribution in [0.15, 0.2) is 12.1 Å². The molecule has 1 saturated heterocycles. The molecule has 1 aromatic heterocycles. The van der Waals surface area contributed by atoms with Crippen LogP contribution >= 0.6 is 11.6 Å². The number of hydrogen-bond acceptors (Lipinski definition) is 2. The molecular weight excluding hydrogens is 224 g/mol. The van der Waals surface area contributed by atoms with Gasteiger partial charge in [0, 0.05) is 18.9 Å². The molecule has 4 heteroatoms. The van der Waals surface area contributed by atoms with E-state index in [2.05, 4.69) is 10.9 Å². The third kappa shape index (κ3) is 1.89. The first kappa shape index (κ1) is 11.0. The summed E-state index contributed by atoms with van der Waals surface area (Å²) in [6.45, 7) is 2.40. The number of anilines is 1. The molecule has 0 N–H and O–H groups in total. The average molecular weight is 235 g/mol. The van der Waals surface area contributed by atoms with Gasteiger partial charge in [-0.3, -0.25) is 9.69 Å². The van der Waals surface area contributed by atoms with E-state index in [0.29, 0.717) is 23.9 Å². The second kappa shape index (κ2) is 4.15. The number of nitrogens with zero attached hydrogens (tertiary/aromatic N) is 2. The molecule has 1 aromatic rings. The zero-order chi connectivity index (χ0) is 11.7. The zero-order valence-electron chi connectivity index (χ0n) is 8.90. The van der Waals surface area contributed by atoms with Gasteiger partial charge >= 0.3 is 0 Å². The predicted octanol–water partition coefficient (Wildman–Crippen LogP) is 2.03. The summed E-state index contributed by atoms with van der Waals surface area (Å²) < 4.78 is 0. The van der Waals surface area contributed by atoms with Gasteiger partial charge in [0.25, 0.3) is 0 Å². The van der Waals surface area contributed by atoms with Crippen LogP contribution in [0.3, 0.4) is 0 Å². The van der Waals surface area contributed by atoms with Gasteiger partial charge in [-0.1, -0.05) is 17.7 Å². The lowest BCUT2D eigenvalue weighted by atomic mass is 10.1. The second-order valence-electron chi connectivity index (χ2n) is 3.85. The molecule has 3 nitrogen and oxygen atoms in total. The molecule has 0 bridgehead atoms. The van der Waals surface area contributed by atoms with Crippen molar-refractivity contribution in [2.45, 2.75) is 13.3 Å². The predicted molar refractivity (Wildman–Crippen MR) is 63.3 cm³/mol. The monoisotopic (exact) mass is 234 g/mol. The Morgan fingerprint density at radius 1 is 1.62 bits per heavy atom. The molecule has 0 saturated carbocycles. The Morgan fingerprint density at radius 3 is 2.94 bits per heavy atom. The minimum absolute atomic E-state index is 0.00960. The number of halogens is 1. The first-order chi connectivity index (χ1) is 7.61. The van der Waals surface area contributed by atoms with Gasteiger partial charge in [0.2, 0.25) is 5.91 Å². The fourth-order valence-electron chi connectivity index (χ4n) is 1.69. The maximum atomic E-state index is 11.7. The number of hydrogen-bond donors (Lipinski definition) is 0. The Hall–Kier alpha value is -1.53. The lowest BCUT2D eigenvalue weighted by Gasteiger charge is -2.15. The number of carbonyl (C=O) groups excluding carboxylic acids is 1. The molecule has 0 aromatic carbocycles. The van der Waals surface area contributed by atoms with Crippen LogP contribution in [-0.2, 0) is 4.79 Å². The number of rotatable bonds is 1. The van der Waals surface area contributed by atoms with Gasteiger partial charge in [0.1, 0.15) is 11.0 Å². The Balaban J connectivity index is 2.29. The Kier molecular flexibility index (Phi) is 2.84. The highest BCUT2D eigenvalue weighted by Gasteiger charge is 2.30. The van der Waals surface area contributed by atoms with Crippen molar-refractivity contribution in [2.75, 3.05) is 11.4 Å². The van der Waals surface area contributed by atoms with Crippen molar-refractivity contribution in [3.8, 4) is 12.3 Å². The van der Waals surface area contributed by atoms with E-state index in [1.165, 1.54) is 0 Å². The summed E-state index contributed by atoms with van der Waals surface area (Å²) in [5, 5.41) is 0.425. The maximum Gasteiger partial charge on any atom is 0.229 e. The van der Waals surface area contributed by atoms with Crippen molar-refractivity contribution in [3.05, 3.63) is 22.8 Å². The largest absolute Gasteiger partial charge is 0.295 e. The summed E-state index contributed by atoms with van der Waals surface area (Å²) in [6.07, 6.45) is 5.71. The maximum absolute atomic E-state index is 11.7. The molecule has 82 valence electrons. The number of pyridine rings is 1. The highest BCUT2D eigenvalue weighted by Crippen LogP contribution is 2.25. The molecule has 1 amide bonds. The first-order valence-electron chi connectivity index (χ1n) is 5.01. The number of carbonyl (C=O) groups is 1. The van der Waals surface area contributed by atoms with Crippen molar-refractivity contribution in [1.29, 1.82) is 0 Å². The molecule has 0 aliphatic carbocycles. The Bertz CT molecular complexity index is 478. The van der Waals surface area contributed by atoms with Crippen molar-refractivity contribution in [3.63, 3.8) is 0 Å². The molecule has 2 heterocycles. The zero-order valence-corrected chi connectivity index (χ0v) is 9.66. The van der Waals surface area contributed by atoms with Gasteiger partial charge in [-0.2, -0.15) is 0 Å². The van der Waals surface area contributed by atoms with Gasteiger partial charge < -0.3 is 0 Å². The molecule has 1 fully saturated rings. The van der Waals surface area contributed by atoms with Crippen molar-refractivity contribution in [1.82, 2.24) is 4.98 Å². The lowest BCUT2D eigenvalue weighted by molar-refractivity contribution is -0.117. The smallest absolute Gasteiger partial charge is 0.229 e. The fourth-order valence-corrected chi connectivity index (χ4v) is 1.83. The molecule has 1 unspecified atom stereocenters. The van der Waals surface area contributed by atoms with Gasteiger partial charge in [0.05, 0.1) is 0 Å². The number of amides is 1. The number of terminal acetylenes is 1. The SMILES string of the molecule is C#CC1CC(=O)N(c2ccc(C)c(Cl)n2)C1. The van der Waals surface area contributed by atoms with Crippen LogP contribution in [0.4, 0.5) is 5.82 Å². The molecule has 1 aliphatic rings. The summed E-state index contributed by atoms with van der Waals surface area (Å²) >= 11 is 5.92. The van der Waals surface area contributed by atoms with Crippen molar-refractivity contribution >= 4 is 23.3 Å². The van der Waals surface area contributed by atoms with Crippen molar-refractivity contribution in [2.24, 2.45) is 5.92 Å². The summed E-state index contributed by atoms with van der Waals surface area (Å²) in [4.78, 5) is 17.5. The summed E-state index contributed by atoms with van der Waals surface area (Å²) in [5.41, 5.74) is 0.894. The molecular formula is C12H11ClN2O. The molecule has 1 atom stereocenters. The minimum Gasteiger partial charge on any atom is -0.295 e. The van der Waals surface area contributed by atoms with E-state index < -0.39 is 0 Å². The van der Waals surface area contributed by atoms with Crippen molar-refractivity contribution < 1.29 is 4.79 Å². The van der Waals surface area contributed by atoms with Crippen LogP contribution in [0.1, 0.15) is 12.0 Å². The number of aromatic nitrogens is 1. The summed E-state index contributed by atoms with van der Waals surface area (Å²) in [7, 11) is 0. The van der Waals surface area contributed by atoms with Crippen LogP contribution in [-0.4, -0.2) is 17.4 Å². The van der Waals surface area contributed by atoms with Gasteiger partial charge in [-0.25, -0.2) is 4.98 Å². The standard InChI is InChI=1S/C12H11ClN2O/c1-3-9-6-11(16)15(7-9)10-5-4-8(2)12(13)14-10/h1,4-5,9H,6-7H2,2H3. The van der Waals surface area contributed by atoms with Crippen LogP contribution in [0.5, 0.6) is 0 Å². The van der Waals surface area contributed by atoms with E-state index in [4.69, 9.17) is 18.0 Å². The summed E-state index contributed by atoms with van der Waals surface area (Å²) in [6, 6.07) is 3.64. The fraction of sp³-hybridized carbons (Fsp3) is 0.333. The van der Waals surface area contributed by atoms with Crippen LogP contribution < -0.4 is 4.90 Å². The van der Waals surface area contributed by atoms with E-state index in [0.717, 1.165) is 5.56 Å². The quantitative estimate of drug-likeness (QED) is 0.550. The third-order valence-electron chi connectivity index (χ3n) is 2.66. The highest BCUT2D eigenvalue weighted by molar-refractivity contribution is 6.30. The van der Waals surface area contributed by atoms with Crippen LogP contribution in [0, 0.1) is 25.2 Å². The Labute approximate surface area is 99.4 Å². The minimum atomic E-state index is -0.0191. The molecule has 16 heavy (non-hydrogen) atoms. The first-order valence-corrected chi connectivity index (χ1v) is 5.39. The summed E-state index contributed by atoms with van der Waals surface area (Å²) in [5.74, 6) is 3.17. The molecule has 0 radical (unpaired) electrons.